The van der Waals surface area contributed by atoms with Gasteiger partial charge in [-0.15, -0.1) is 0 Å². The van der Waals surface area contributed by atoms with Crippen molar-refractivity contribution in [2.75, 3.05) is 7.11 Å². The molecular weight excluding hydrogens is 226 g/mol. The Balaban J connectivity index is 2.87. The molecular formula is C14H25N3O. The quantitative estimate of drug-likeness (QED) is 0.808. The SMILES string of the molecule is CCC(N)Cc1cnc(C(CC)(CC)OC)nc1. The number of nitrogens with zero attached hydrogens (tertiary/aromatic N) is 2. The van der Waals surface area contributed by atoms with E-state index in [1.807, 2.05) is 12.4 Å². The third-order valence-electron chi connectivity index (χ3n) is 3.67. The number of nitrogens with two attached hydrogens (primary N) is 1. The Morgan fingerprint density at radius 3 is 2.17 bits per heavy atom. The summed E-state index contributed by atoms with van der Waals surface area (Å²) in [5, 5.41) is 0. The van der Waals surface area contributed by atoms with Gasteiger partial charge in [-0.1, -0.05) is 20.8 Å². The van der Waals surface area contributed by atoms with Crippen molar-refractivity contribution in [1.29, 1.82) is 0 Å². The van der Waals surface area contributed by atoms with E-state index in [4.69, 9.17) is 10.5 Å². The van der Waals surface area contributed by atoms with Gasteiger partial charge in [0.05, 0.1) is 0 Å². The van der Waals surface area contributed by atoms with Crippen LogP contribution in [-0.4, -0.2) is 23.1 Å². The molecule has 102 valence electrons. The second kappa shape index (κ2) is 6.81. The zero-order valence-corrected chi connectivity index (χ0v) is 11.9. The summed E-state index contributed by atoms with van der Waals surface area (Å²) >= 11 is 0. The molecule has 0 spiro atoms. The molecule has 1 unspecified atom stereocenters. The Morgan fingerprint density at radius 2 is 1.78 bits per heavy atom. The molecule has 0 aliphatic rings. The Labute approximate surface area is 110 Å². The van der Waals surface area contributed by atoms with Gasteiger partial charge in [-0.2, -0.15) is 0 Å². The molecule has 4 nitrogen and oxygen atoms in total. The number of ether oxygens (including phenoxy) is 1. The van der Waals surface area contributed by atoms with Crippen LogP contribution in [0, 0.1) is 0 Å². The lowest BCUT2D eigenvalue weighted by Gasteiger charge is -2.28. The first-order valence-electron chi connectivity index (χ1n) is 6.74. The summed E-state index contributed by atoms with van der Waals surface area (Å²) in [4.78, 5) is 8.92. The van der Waals surface area contributed by atoms with Crippen molar-refractivity contribution in [3.63, 3.8) is 0 Å². The van der Waals surface area contributed by atoms with E-state index >= 15 is 0 Å². The van der Waals surface area contributed by atoms with Crippen molar-refractivity contribution >= 4 is 0 Å². The van der Waals surface area contributed by atoms with Crippen molar-refractivity contribution in [2.24, 2.45) is 5.73 Å². The van der Waals surface area contributed by atoms with E-state index in [1.165, 1.54) is 0 Å². The third-order valence-corrected chi connectivity index (χ3v) is 3.67. The summed E-state index contributed by atoms with van der Waals surface area (Å²) in [6.07, 6.45) is 7.28. The lowest BCUT2D eigenvalue weighted by atomic mass is 9.96. The van der Waals surface area contributed by atoms with E-state index < -0.39 is 0 Å². The highest BCUT2D eigenvalue weighted by Crippen LogP contribution is 2.29. The zero-order chi connectivity index (χ0) is 13.6. The summed E-state index contributed by atoms with van der Waals surface area (Å²) < 4.78 is 5.61. The van der Waals surface area contributed by atoms with Gasteiger partial charge < -0.3 is 10.5 Å². The lowest BCUT2D eigenvalue weighted by Crippen LogP contribution is -2.29. The van der Waals surface area contributed by atoms with E-state index in [9.17, 15) is 0 Å². The summed E-state index contributed by atoms with van der Waals surface area (Å²) in [6, 6.07) is 0.184. The molecule has 4 heteroatoms. The topological polar surface area (TPSA) is 61.0 Å². The number of hydrogen-bond donors (Lipinski definition) is 1. The molecule has 0 fully saturated rings. The summed E-state index contributed by atoms with van der Waals surface area (Å²) in [7, 11) is 1.72. The largest absolute Gasteiger partial charge is 0.370 e. The molecule has 0 aliphatic carbocycles. The molecule has 1 aromatic rings. The van der Waals surface area contributed by atoms with E-state index in [-0.39, 0.29) is 11.6 Å². The van der Waals surface area contributed by atoms with Gasteiger partial charge in [-0.3, -0.25) is 0 Å². The molecule has 0 amide bonds. The standard InChI is InChI=1S/C14H25N3O/c1-5-12(15)8-11-9-16-13(17-10-11)14(6-2,7-3)18-4/h9-10,12H,5-8,15H2,1-4H3. The van der Waals surface area contributed by atoms with Gasteiger partial charge in [-0.25, -0.2) is 9.97 Å². The van der Waals surface area contributed by atoms with E-state index in [0.717, 1.165) is 37.1 Å². The highest BCUT2D eigenvalue weighted by Gasteiger charge is 2.31. The number of methoxy groups -OCH3 is 1. The first-order chi connectivity index (χ1) is 8.61. The Kier molecular flexibility index (Phi) is 5.69. The summed E-state index contributed by atoms with van der Waals surface area (Å²) in [5.41, 5.74) is 6.66. The molecule has 0 saturated heterocycles. The maximum absolute atomic E-state index is 5.93. The second-order valence-electron chi connectivity index (χ2n) is 4.69. The normalized spacial score (nSPS) is 13.6. The molecule has 0 bridgehead atoms. The van der Waals surface area contributed by atoms with Gasteiger partial charge in [0.1, 0.15) is 5.60 Å². The number of aromatic nitrogens is 2. The van der Waals surface area contributed by atoms with Crippen LogP contribution in [0.15, 0.2) is 12.4 Å². The van der Waals surface area contributed by atoms with Crippen molar-refractivity contribution in [1.82, 2.24) is 9.97 Å². The van der Waals surface area contributed by atoms with E-state index in [1.54, 1.807) is 7.11 Å². The average molecular weight is 251 g/mol. The van der Waals surface area contributed by atoms with Gasteiger partial charge in [0.25, 0.3) is 0 Å². The lowest BCUT2D eigenvalue weighted by molar-refractivity contribution is -0.0292. The van der Waals surface area contributed by atoms with Gasteiger partial charge in [0.2, 0.25) is 0 Å². The van der Waals surface area contributed by atoms with Crippen LogP contribution in [0.3, 0.4) is 0 Å². The maximum atomic E-state index is 5.93. The molecule has 1 heterocycles. The first-order valence-corrected chi connectivity index (χ1v) is 6.74. The highest BCUT2D eigenvalue weighted by atomic mass is 16.5. The predicted octanol–water partition coefficient (Wildman–Crippen LogP) is 2.42. The monoisotopic (exact) mass is 251 g/mol. The van der Waals surface area contributed by atoms with E-state index in [2.05, 4.69) is 30.7 Å². The molecule has 18 heavy (non-hydrogen) atoms. The second-order valence-corrected chi connectivity index (χ2v) is 4.69. The van der Waals surface area contributed by atoms with Gasteiger partial charge in [0.15, 0.2) is 5.82 Å². The highest BCUT2D eigenvalue weighted by molar-refractivity contribution is 5.11. The fourth-order valence-corrected chi connectivity index (χ4v) is 2.09. The van der Waals surface area contributed by atoms with E-state index in [0.29, 0.717) is 0 Å². The minimum absolute atomic E-state index is 0.184. The van der Waals surface area contributed by atoms with Crippen molar-refractivity contribution < 1.29 is 4.74 Å². The Bertz CT molecular complexity index is 338. The fourth-order valence-electron chi connectivity index (χ4n) is 2.09. The summed E-state index contributed by atoms with van der Waals surface area (Å²) in [5.74, 6) is 0.767. The minimum atomic E-state index is -0.356. The van der Waals surface area contributed by atoms with Crippen LogP contribution in [0.1, 0.15) is 51.4 Å². The van der Waals surface area contributed by atoms with Crippen LogP contribution in [0.5, 0.6) is 0 Å². The third kappa shape index (κ3) is 3.27. The van der Waals surface area contributed by atoms with Gasteiger partial charge >= 0.3 is 0 Å². The van der Waals surface area contributed by atoms with Crippen LogP contribution >= 0.6 is 0 Å². The zero-order valence-electron chi connectivity index (χ0n) is 11.9. The summed E-state index contributed by atoms with van der Waals surface area (Å²) in [6.45, 7) is 6.28. The average Bonchev–Trinajstić information content (AvgIpc) is 2.43. The Hall–Kier alpha value is -1.00. The molecule has 1 aromatic heterocycles. The van der Waals surface area contributed by atoms with Crippen molar-refractivity contribution in [3.05, 3.63) is 23.8 Å². The minimum Gasteiger partial charge on any atom is -0.370 e. The van der Waals surface area contributed by atoms with Gasteiger partial charge in [-0.05, 0) is 31.2 Å². The molecule has 0 aliphatic heterocycles. The molecule has 2 N–H and O–H groups in total. The fraction of sp³-hybridized carbons (Fsp3) is 0.714. The van der Waals surface area contributed by atoms with Crippen LogP contribution in [0.25, 0.3) is 0 Å². The predicted molar refractivity (Wildman–Crippen MR) is 73.3 cm³/mol. The van der Waals surface area contributed by atoms with Crippen LogP contribution in [0.2, 0.25) is 0 Å². The number of hydrogen-bond acceptors (Lipinski definition) is 4. The van der Waals surface area contributed by atoms with Crippen LogP contribution < -0.4 is 5.73 Å². The van der Waals surface area contributed by atoms with Crippen molar-refractivity contribution in [2.45, 2.75) is 58.1 Å². The van der Waals surface area contributed by atoms with Crippen LogP contribution in [-0.2, 0) is 16.8 Å². The smallest absolute Gasteiger partial charge is 0.160 e. The molecule has 0 radical (unpaired) electrons. The number of rotatable bonds is 7. The molecule has 1 atom stereocenters. The first kappa shape index (κ1) is 15.1. The molecule has 0 saturated carbocycles. The Morgan fingerprint density at radius 1 is 1.22 bits per heavy atom. The van der Waals surface area contributed by atoms with Gasteiger partial charge in [0, 0.05) is 25.5 Å². The van der Waals surface area contributed by atoms with Crippen LogP contribution in [0.4, 0.5) is 0 Å². The maximum Gasteiger partial charge on any atom is 0.160 e. The molecule has 1 rings (SSSR count). The molecule has 0 aromatic carbocycles. The van der Waals surface area contributed by atoms with Crippen molar-refractivity contribution in [3.8, 4) is 0 Å².